The van der Waals surface area contributed by atoms with Crippen molar-refractivity contribution in [1.29, 1.82) is 0 Å². The molecule has 2 amide bonds. The summed E-state index contributed by atoms with van der Waals surface area (Å²) in [5, 5.41) is 11.8. The first-order valence-electron chi connectivity index (χ1n) is 6.73. The molecule has 0 bridgehead atoms. The van der Waals surface area contributed by atoms with Gasteiger partial charge in [-0.25, -0.2) is 9.59 Å². The first-order chi connectivity index (χ1) is 9.21. The molecule has 116 valence electrons. The lowest BCUT2D eigenvalue weighted by atomic mass is 9.93. The average Bonchev–Trinajstić information content (AvgIpc) is 2.34. The lowest BCUT2D eigenvalue weighted by molar-refractivity contribution is -0.154. The van der Waals surface area contributed by atoms with Crippen LogP contribution in [0.5, 0.6) is 0 Å². The number of ether oxygens (including phenoxy) is 1. The summed E-state index contributed by atoms with van der Waals surface area (Å²) in [5.41, 5.74) is -0.0440. The van der Waals surface area contributed by atoms with Crippen molar-refractivity contribution in [2.75, 3.05) is 46.9 Å². The molecule has 0 saturated carbocycles. The maximum atomic E-state index is 12.1. The number of morpholine rings is 1. The second-order valence-corrected chi connectivity index (χ2v) is 6.20. The Morgan fingerprint density at radius 1 is 1.45 bits per heavy atom. The summed E-state index contributed by atoms with van der Waals surface area (Å²) >= 11 is 0. The van der Waals surface area contributed by atoms with Crippen LogP contribution in [0.25, 0.3) is 0 Å². The fraction of sp³-hybridized carbons (Fsp3) is 0.846. The molecule has 1 aliphatic rings. The van der Waals surface area contributed by atoms with Gasteiger partial charge in [-0.1, -0.05) is 13.8 Å². The lowest BCUT2D eigenvalue weighted by Crippen LogP contribution is -2.53. The zero-order valence-corrected chi connectivity index (χ0v) is 12.7. The molecule has 20 heavy (non-hydrogen) atoms. The van der Waals surface area contributed by atoms with E-state index in [-0.39, 0.29) is 24.6 Å². The van der Waals surface area contributed by atoms with Crippen LogP contribution in [-0.4, -0.2) is 79.9 Å². The van der Waals surface area contributed by atoms with Gasteiger partial charge in [0.05, 0.1) is 13.2 Å². The van der Waals surface area contributed by atoms with Crippen LogP contribution in [0.1, 0.15) is 13.8 Å². The predicted molar refractivity (Wildman–Crippen MR) is 74.7 cm³/mol. The summed E-state index contributed by atoms with van der Waals surface area (Å²) in [6.45, 7) is 6.32. The molecular weight excluding hydrogens is 262 g/mol. The molecule has 0 aromatic rings. The molecule has 7 nitrogen and oxygen atoms in total. The smallest absolute Gasteiger partial charge is 0.334 e. The van der Waals surface area contributed by atoms with Crippen molar-refractivity contribution < 1.29 is 19.4 Å². The number of hydrogen-bond acceptors (Lipinski definition) is 4. The molecule has 1 heterocycles. The Morgan fingerprint density at radius 2 is 2.10 bits per heavy atom. The Bertz CT molecular complexity index is 358. The van der Waals surface area contributed by atoms with Crippen molar-refractivity contribution in [1.82, 2.24) is 15.1 Å². The number of rotatable bonds is 5. The van der Waals surface area contributed by atoms with Crippen LogP contribution >= 0.6 is 0 Å². The van der Waals surface area contributed by atoms with E-state index in [2.05, 4.69) is 24.1 Å². The van der Waals surface area contributed by atoms with E-state index in [1.165, 1.54) is 4.90 Å². The topological polar surface area (TPSA) is 82.1 Å². The summed E-state index contributed by atoms with van der Waals surface area (Å²) in [6.07, 6.45) is -0.927. The number of nitrogens with zero attached hydrogens (tertiary/aromatic N) is 2. The first kappa shape index (κ1) is 16.7. The highest BCUT2D eigenvalue weighted by molar-refractivity contribution is 5.77. The molecule has 0 radical (unpaired) electrons. The van der Waals surface area contributed by atoms with E-state index in [1.54, 1.807) is 0 Å². The Balaban J connectivity index is 2.44. The van der Waals surface area contributed by atoms with Crippen LogP contribution in [0, 0.1) is 5.41 Å². The van der Waals surface area contributed by atoms with Crippen LogP contribution in [0.4, 0.5) is 4.79 Å². The molecule has 0 aromatic carbocycles. The van der Waals surface area contributed by atoms with Crippen molar-refractivity contribution in [3.8, 4) is 0 Å². The third-order valence-electron chi connectivity index (χ3n) is 3.09. The third-order valence-corrected chi connectivity index (χ3v) is 3.09. The number of carbonyl (C=O) groups excluding carboxylic acids is 1. The van der Waals surface area contributed by atoms with Crippen LogP contribution in [-0.2, 0) is 9.53 Å². The fourth-order valence-electron chi connectivity index (χ4n) is 2.32. The molecule has 7 heteroatoms. The molecule has 1 rings (SSSR count). The van der Waals surface area contributed by atoms with E-state index in [1.807, 2.05) is 14.1 Å². The van der Waals surface area contributed by atoms with E-state index in [9.17, 15) is 9.59 Å². The van der Waals surface area contributed by atoms with Gasteiger partial charge in [-0.3, -0.25) is 0 Å². The fourth-order valence-corrected chi connectivity index (χ4v) is 2.32. The van der Waals surface area contributed by atoms with Crippen molar-refractivity contribution >= 4 is 12.0 Å². The number of amides is 2. The molecule has 1 atom stereocenters. The largest absolute Gasteiger partial charge is 0.479 e. The van der Waals surface area contributed by atoms with E-state index in [4.69, 9.17) is 9.84 Å². The van der Waals surface area contributed by atoms with E-state index in [0.29, 0.717) is 13.1 Å². The van der Waals surface area contributed by atoms with Crippen LogP contribution in [0.2, 0.25) is 0 Å². The van der Waals surface area contributed by atoms with Crippen LogP contribution in [0.3, 0.4) is 0 Å². The first-order valence-corrected chi connectivity index (χ1v) is 6.73. The van der Waals surface area contributed by atoms with Gasteiger partial charge >= 0.3 is 12.0 Å². The van der Waals surface area contributed by atoms with Gasteiger partial charge in [-0.15, -0.1) is 0 Å². The summed E-state index contributed by atoms with van der Waals surface area (Å²) in [7, 11) is 3.98. The number of aliphatic carboxylic acids is 1. The molecule has 0 aliphatic carbocycles. The monoisotopic (exact) mass is 287 g/mol. The predicted octanol–water partition coefficient (Wildman–Crippen LogP) is 0.0692. The van der Waals surface area contributed by atoms with Gasteiger partial charge in [0.1, 0.15) is 0 Å². The maximum absolute atomic E-state index is 12.1. The minimum absolute atomic E-state index is 0.0440. The highest BCUT2D eigenvalue weighted by Crippen LogP contribution is 2.14. The molecular formula is C13H25N3O4. The normalized spacial score (nSPS) is 20.1. The second-order valence-electron chi connectivity index (χ2n) is 6.20. The highest BCUT2D eigenvalue weighted by Gasteiger charge is 2.29. The minimum Gasteiger partial charge on any atom is -0.479 e. The molecule has 1 saturated heterocycles. The van der Waals surface area contributed by atoms with Crippen molar-refractivity contribution in [2.24, 2.45) is 5.41 Å². The Labute approximate surface area is 119 Å². The maximum Gasteiger partial charge on any atom is 0.334 e. The molecule has 0 spiro atoms. The van der Waals surface area contributed by atoms with Crippen LogP contribution in [0.15, 0.2) is 0 Å². The van der Waals surface area contributed by atoms with E-state index < -0.39 is 12.1 Å². The van der Waals surface area contributed by atoms with Crippen molar-refractivity contribution in [2.45, 2.75) is 20.0 Å². The number of nitrogens with one attached hydrogen (secondary N) is 1. The zero-order valence-electron chi connectivity index (χ0n) is 12.7. The summed E-state index contributed by atoms with van der Waals surface area (Å²) < 4.78 is 5.09. The molecule has 1 fully saturated rings. The van der Waals surface area contributed by atoms with Gasteiger partial charge in [0, 0.05) is 19.6 Å². The SMILES string of the molecule is CN(C)CC(C)(C)CNC(=O)N1CCOC(C(=O)O)C1. The van der Waals surface area contributed by atoms with E-state index in [0.717, 1.165) is 6.54 Å². The van der Waals surface area contributed by atoms with Crippen LogP contribution < -0.4 is 5.32 Å². The number of hydrogen-bond donors (Lipinski definition) is 2. The zero-order chi connectivity index (χ0) is 15.3. The lowest BCUT2D eigenvalue weighted by Gasteiger charge is -2.33. The van der Waals surface area contributed by atoms with Gasteiger partial charge in [-0.2, -0.15) is 0 Å². The molecule has 1 unspecified atom stereocenters. The van der Waals surface area contributed by atoms with Crippen molar-refractivity contribution in [3.05, 3.63) is 0 Å². The average molecular weight is 287 g/mol. The third kappa shape index (κ3) is 5.34. The molecule has 2 N–H and O–H groups in total. The van der Waals surface area contributed by atoms with Gasteiger partial charge in [-0.05, 0) is 19.5 Å². The second kappa shape index (κ2) is 6.90. The summed E-state index contributed by atoms with van der Waals surface area (Å²) in [5.74, 6) is -1.03. The number of carboxylic acid groups (broad SMARTS) is 1. The van der Waals surface area contributed by atoms with Gasteiger partial charge in [0.15, 0.2) is 6.10 Å². The van der Waals surface area contributed by atoms with E-state index >= 15 is 0 Å². The Kier molecular flexibility index (Phi) is 5.76. The molecule has 0 aromatic heterocycles. The minimum atomic E-state index is -1.03. The Hall–Kier alpha value is -1.34. The number of carbonyl (C=O) groups is 2. The number of urea groups is 1. The van der Waals surface area contributed by atoms with Gasteiger partial charge in [0.2, 0.25) is 0 Å². The quantitative estimate of drug-likeness (QED) is 0.748. The standard InChI is InChI=1S/C13H25N3O4/c1-13(2,9-15(3)4)8-14-12(19)16-5-6-20-10(7-16)11(17)18/h10H,5-9H2,1-4H3,(H,14,19)(H,17,18). The molecule has 1 aliphatic heterocycles. The van der Waals surface area contributed by atoms with Gasteiger partial charge in [0.25, 0.3) is 0 Å². The Morgan fingerprint density at radius 3 is 2.65 bits per heavy atom. The summed E-state index contributed by atoms with van der Waals surface area (Å²) in [6, 6.07) is -0.230. The van der Waals surface area contributed by atoms with Crippen molar-refractivity contribution in [3.63, 3.8) is 0 Å². The number of carboxylic acids is 1. The summed E-state index contributed by atoms with van der Waals surface area (Å²) in [4.78, 5) is 26.5. The highest BCUT2D eigenvalue weighted by atomic mass is 16.5. The van der Waals surface area contributed by atoms with Gasteiger partial charge < -0.3 is 25.0 Å².